The van der Waals surface area contributed by atoms with Gasteiger partial charge in [-0.3, -0.25) is 0 Å². The molecule has 0 saturated carbocycles. The summed E-state index contributed by atoms with van der Waals surface area (Å²) in [5.74, 6) is 0.488. The first-order chi connectivity index (χ1) is 7.04. The van der Waals surface area contributed by atoms with Gasteiger partial charge in [-0.2, -0.15) is 18.0 Å². The highest BCUT2D eigenvalue weighted by molar-refractivity contribution is 7.86. The summed E-state index contributed by atoms with van der Waals surface area (Å²) >= 11 is 0. The molecule has 1 aromatic heterocycles. The molecule has 1 heterocycles. The molecule has 0 spiro atoms. The largest absolute Gasteiger partial charge is 0.468 e. The number of nitrogens with zero attached hydrogens (tertiary/aromatic N) is 2. The number of hydrogen-bond donors (Lipinski definition) is 1. The molecule has 1 aromatic rings. The van der Waals surface area contributed by atoms with E-state index in [-0.39, 0.29) is 19.5 Å². The molecule has 0 saturated heterocycles. The molecule has 0 fully saturated rings. The average molecular weight is 229 g/mol. The number of nitriles is 1. The van der Waals surface area contributed by atoms with Crippen molar-refractivity contribution in [3.05, 3.63) is 24.2 Å². The maximum absolute atomic E-state index is 11.1. The van der Waals surface area contributed by atoms with Crippen molar-refractivity contribution in [2.24, 2.45) is 5.14 Å². The molecule has 15 heavy (non-hydrogen) atoms. The molecule has 82 valence electrons. The second kappa shape index (κ2) is 4.93. The molecule has 0 aliphatic rings. The third kappa shape index (κ3) is 3.71. The average Bonchev–Trinajstić information content (AvgIpc) is 2.62. The van der Waals surface area contributed by atoms with Crippen LogP contribution < -0.4 is 5.14 Å². The van der Waals surface area contributed by atoms with Crippen molar-refractivity contribution in [3.8, 4) is 6.07 Å². The van der Waals surface area contributed by atoms with Gasteiger partial charge in [0.05, 0.1) is 18.9 Å². The zero-order valence-electron chi connectivity index (χ0n) is 7.96. The first-order valence-corrected chi connectivity index (χ1v) is 5.71. The standard InChI is InChI=1S/C8H11N3O3S/c9-4-2-5-11(15(10,12)13)7-8-3-1-6-14-8/h1,3,6H,2,5,7H2,(H2,10,12,13). The summed E-state index contributed by atoms with van der Waals surface area (Å²) < 4.78 is 28.2. The first-order valence-electron chi connectivity index (χ1n) is 4.21. The van der Waals surface area contributed by atoms with E-state index in [0.717, 1.165) is 4.31 Å². The Kier molecular flexibility index (Phi) is 3.85. The summed E-state index contributed by atoms with van der Waals surface area (Å²) in [7, 11) is -3.79. The van der Waals surface area contributed by atoms with Crippen LogP contribution in [0, 0.1) is 11.3 Å². The van der Waals surface area contributed by atoms with E-state index < -0.39 is 10.2 Å². The van der Waals surface area contributed by atoms with Crippen LogP contribution in [0.25, 0.3) is 0 Å². The van der Waals surface area contributed by atoms with Gasteiger partial charge in [-0.25, -0.2) is 5.14 Å². The number of nitrogens with two attached hydrogens (primary N) is 1. The molecular weight excluding hydrogens is 218 g/mol. The summed E-state index contributed by atoms with van der Waals surface area (Å²) in [5.41, 5.74) is 0. The van der Waals surface area contributed by atoms with Gasteiger partial charge in [-0.15, -0.1) is 0 Å². The number of rotatable bonds is 5. The van der Waals surface area contributed by atoms with Crippen LogP contribution in [0.5, 0.6) is 0 Å². The monoisotopic (exact) mass is 229 g/mol. The zero-order chi connectivity index (χ0) is 11.3. The summed E-state index contributed by atoms with van der Waals surface area (Å²) in [5, 5.41) is 13.4. The second-order valence-electron chi connectivity index (χ2n) is 2.87. The van der Waals surface area contributed by atoms with Gasteiger partial charge in [0.2, 0.25) is 0 Å². The molecule has 6 nitrogen and oxygen atoms in total. The Hall–Kier alpha value is -1.36. The molecule has 0 aromatic carbocycles. The lowest BCUT2D eigenvalue weighted by atomic mass is 10.4. The lowest BCUT2D eigenvalue weighted by Gasteiger charge is -2.16. The molecule has 0 atom stereocenters. The van der Waals surface area contributed by atoms with E-state index in [1.54, 1.807) is 12.1 Å². The Morgan fingerprint density at radius 2 is 2.33 bits per heavy atom. The van der Waals surface area contributed by atoms with Crippen molar-refractivity contribution in [2.45, 2.75) is 13.0 Å². The minimum absolute atomic E-state index is 0.0491. The van der Waals surface area contributed by atoms with Crippen molar-refractivity contribution >= 4 is 10.2 Å². The minimum Gasteiger partial charge on any atom is -0.468 e. The maximum Gasteiger partial charge on any atom is 0.277 e. The van der Waals surface area contributed by atoms with E-state index in [4.69, 9.17) is 14.8 Å². The van der Waals surface area contributed by atoms with Crippen molar-refractivity contribution < 1.29 is 12.8 Å². The highest BCUT2D eigenvalue weighted by Gasteiger charge is 2.18. The Morgan fingerprint density at radius 1 is 1.60 bits per heavy atom. The SMILES string of the molecule is N#CCCN(Cc1ccco1)S(N)(=O)=O. The molecule has 0 amide bonds. The van der Waals surface area contributed by atoms with E-state index in [2.05, 4.69) is 0 Å². The molecule has 7 heteroatoms. The van der Waals surface area contributed by atoms with E-state index in [0.29, 0.717) is 5.76 Å². The van der Waals surface area contributed by atoms with Crippen molar-refractivity contribution in [2.75, 3.05) is 6.54 Å². The van der Waals surface area contributed by atoms with Gasteiger partial charge >= 0.3 is 0 Å². The van der Waals surface area contributed by atoms with Crippen LogP contribution in [0.4, 0.5) is 0 Å². The fourth-order valence-electron chi connectivity index (χ4n) is 1.05. The summed E-state index contributed by atoms with van der Waals surface area (Å²) in [6.07, 6.45) is 1.54. The fraction of sp³-hybridized carbons (Fsp3) is 0.375. The summed E-state index contributed by atoms with van der Waals surface area (Å²) in [4.78, 5) is 0. The van der Waals surface area contributed by atoms with Crippen LogP contribution in [0.15, 0.2) is 22.8 Å². The lowest BCUT2D eigenvalue weighted by molar-refractivity contribution is 0.369. The molecule has 2 N–H and O–H groups in total. The van der Waals surface area contributed by atoms with Gasteiger partial charge in [0.25, 0.3) is 10.2 Å². The van der Waals surface area contributed by atoms with Crippen LogP contribution >= 0.6 is 0 Å². The zero-order valence-corrected chi connectivity index (χ0v) is 8.77. The van der Waals surface area contributed by atoms with E-state index in [9.17, 15) is 8.42 Å². The highest BCUT2D eigenvalue weighted by Crippen LogP contribution is 2.07. The second-order valence-corrected chi connectivity index (χ2v) is 4.41. The van der Waals surface area contributed by atoms with Crippen LogP contribution in [0.1, 0.15) is 12.2 Å². The molecule has 0 unspecified atom stereocenters. The van der Waals surface area contributed by atoms with E-state index in [1.165, 1.54) is 6.26 Å². The molecule has 0 radical (unpaired) electrons. The van der Waals surface area contributed by atoms with Gasteiger partial charge in [0.1, 0.15) is 5.76 Å². The Balaban J connectivity index is 2.70. The smallest absolute Gasteiger partial charge is 0.277 e. The fourth-order valence-corrected chi connectivity index (χ4v) is 1.70. The van der Waals surface area contributed by atoms with Crippen LogP contribution in [-0.2, 0) is 16.8 Å². The number of hydrogen-bond acceptors (Lipinski definition) is 4. The quantitative estimate of drug-likeness (QED) is 0.779. The summed E-state index contributed by atoms with van der Waals surface area (Å²) in [6.45, 7) is 0.115. The highest BCUT2D eigenvalue weighted by atomic mass is 32.2. The maximum atomic E-state index is 11.1. The van der Waals surface area contributed by atoms with Gasteiger partial charge < -0.3 is 4.42 Å². The van der Waals surface area contributed by atoms with Crippen LogP contribution in [0.2, 0.25) is 0 Å². The molecule has 0 aliphatic carbocycles. The van der Waals surface area contributed by atoms with Gasteiger partial charge in [0, 0.05) is 13.0 Å². The molecule has 0 aliphatic heterocycles. The minimum atomic E-state index is -3.79. The molecule has 0 bridgehead atoms. The van der Waals surface area contributed by atoms with Gasteiger partial charge in [-0.1, -0.05) is 0 Å². The van der Waals surface area contributed by atoms with Crippen LogP contribution in [-0.4, -0.2) is 19.3 Å². The molecular formula is C8H11N3O3S. The third-order valence-electron chi connectivity index (χ3n) is 1.75. The third-order valence-corrected chi connectivity index (χ3v) is 2.78. The Bertz CT molecular complexity index is 432. The topological polar surface area (TPSA) is 100 Å². The number of furan rings is 1. The lowest BCUT2D eigenvalue weighted by Crippen LogP contribution is -2.36. The van der Waals surface area contributed by atoms with E-state index >= 15 is 0 Å². The Labute approximate surface area is 88.1 Å². The first kappa shape index (κ1) is 11.7. The van der Waals surface area contributed by atoms with Crippen molar-refractivity contribution in [1.29, 1.82) is 5.26 Å². The van der Waals surface area contributed by atoms with Crippen molar-refractivity contribution in [1.82, 2.24) is 4.31 Å². The van der Waals surface area contributed by atoms with E-state index in [1.807, 2.05) is 6.07 Å². The predicted octanol–water partition coefficient (Wildman–Crippen LogP) is 0.199. The summed E-state index contributed by atoms with van der Waals surface area (Å²) in [6, 6.07) is 5.15. The van der Waals surface area contributed by atoms with Crippen molar-refractivity contribution in [3.63, 3.8) is 0 Å². The normalized spacial score (nSPS) is 11.5. The molecule has 1 rings (SSSR count). The van der Waals surface area contributed by atoms with Gasteiger partial charge in [0.15, 0.2) is 0 Å². The van der Waals surface area contributed by atoms with Crippen LogP contribution in [0.3, 0.4) is 0 Å². The Morgan fingerprint density at radius 3 is 2.80 bits per heavy atom. The predicted molar refractivity (Wildman–Crippen MR) is 52.5 cm³/mol. The van der Waals surface area contributed by atoms with Gasteiger partial charge in [-0.05, 0) is 12.1 Å².